The minimum atomic E-state index is 0. The van der Waals surface area contributed by atoms with Crippen molar-refractivity contribution in [3.8, 4) is 0 Å². The van der Waals surface area contributed by atoms with Gasteiger partial charge in [0.1, 0.15) is 0 Å². The van der Waals surface area contributed by atoms with Crippen LogP contribution in [-0.2, 0) is 0 Å². The molecule has 0 aromatic rings. The number of hydrogen-bond acceptors (Lipinski definition) is 0. The van der Waals surface area contributed by atoms with Crippen molar-refractivity contribution in [2.75, 3.05) is 0 Å². The molecule has 0 saturated heterocycles. The largest absolute Gasteiger partial charge is 0.0125 e. The molecule has 0 spiro atoms. The smallest absolute Gasteiger partial charge is 0.0125 e. The zero-order chi connectivity index (χ0) is 2.00. The zero-order valence-electron chi connectivity index (χ0n) is 2.00. The van der Waals surface area contributed by atoms with E-state index in [2.05, 4.69) is 0 Å². The molecule has 0 atom stereocenters. The second kappa shape index (κ2) is 16.3. The Morgan fingerprint density at radius 1 is 1.00 bits per heavy atom. The molecule has 0 rings (SSSR count). The summed E-state index contributed by atoms with van der Waals surface area (Å²) < 4.78 is 0. The summed E-state index contributed by atoms with van der Waals surface area (Å²) in [5, 5.41) is 0. The molecule has 0 aromatic carbocycles. The second-order valence-corrected chi connectivity index (χ2v) is 0. The average molecular weight is 244 g/mol. The third kappa shape index (κ3) is 8.98. The van der Waals surface area contributed by atoms with Gasteiger partial charge in [-0.25, -0.2) is 0 Å². The topological polar surface area (TPSA) is 0 Å². The Hall–Kier alpha value is 3.26. The van der Waals surface area contributed by atoms with Crippen molar-refractivity contribution in [3.63, 3.8) is 0 Å². The SMILES string of the molecule is [BaH2].[CaH2].[SiH3][SiH3]. The molecule has 0 aliphatic rings. The monoisotopic (exact) mass is 244 g/mol. The molecule has 0 bridgehead atoms. The van der Waals surface area contributed by atoms with E-state index in [1.807, 2.05) is 0 Å². The van der Waals surface area contributed by atoms with Crippen molar-refractivity contribution < 1.29 is 0 Å². The van der Waals surface area contributed by atoms with E-state index in [0.29, 0.717) is 0 Å². The van der Waals surface area contributed by atoms with Crippen LogP contribution in [0.15, 0.2) is 0 Å². The van der Waals surface area contributed by atoms with Gasteiger partial charge in [-0.3, -0.25) is 0 Å². The predicted molar refractivity (Wildman–Crippen MR) is 37.0 cm³/mol. The van der Waals surface area contributed by atoms with E-state index in [1.54, 1.807) is 0 Å². The molecular weight excluding hydrogens is 234 g/mol. The molecule has 0 amide bonds. The summed E-state index contributed by atoms with van der Waals surface area (Å²) in [6.07, 6.45) is 0. The first-order valence-electron chi connectivity index (χ1n) is 1.00. The maximum Gasteiger partial charge on any atom is -0.0125 e. The summed E-state index contributed by atoms with van der Waals surface area (Å²) in [7, 11) is 2.89. The van der Waals surface area contributed by atoms with Gasteiger partial charge >= 0.3 is 86.6 Å². The van der Waals surface area contributed by atoms with E-state index in [1.165, 1.54) is 19.5 Å². The van der Waals surface area contributed by atoms with Crippen LogP contribution in [0.1, 0.15) is 0 Å². The molecule has 0 aliphatic heterocycles. The van der Waals surface area contributed by atoms with Gasteiger partial charge in [0.2, 0.25) is 0 Å². The van der Waals surface area contributed by atoms with Crippen LogP contribution >= 0.6 is 0 Å². The van der Waals surface area contributed by atoms with Gasteiger partial charge in [-0.15, -0.1) is 0 Å². The third-order valence-electron chi connectivity index (χ3n) is 0. The van der Waals surface area contributed by atoms with Crippen molar-refractivity contribution in [2.45, 2.75) is 0 Å². The minimum absolute atomic E-state index is 0. The molecular formula is H10BaCaSi2. The Morgan fingerprint density at radius 2 is 1.00 bits per heavy atom. The Kier molecular flexibility index (Phi) is 63.8. The predicted octanol–water partition coefficient (Wildman–Crippen LogP) is -4.20. The van der Waals surface area contributed by atoms with Crippen LogP contribution in [0, 0.1) is 0 Å². The minimum Gasteiger partial charge on any atom is -0.0125 e. The van der Waals surface area contributed by atoms with Gasteiger partial charge < -0.3 is 0 Å². The van der Waals surface area contributed by atoms with Gasteiger partial charge in [0.15, 0.2) is 0 Å². The summed E-state index contributed by atoms with van der Waals surface area (Å²) in [5.41, 5.74) is 0. The zero-order valence-corrected chi connectivity index (χ0v) is 6.00. The normalized spacial score (nSPS) is 3.00. The number of rotatable bonds is 0. The maximum absolute atomic E-state index is 1.44. The molecule has 0 saturated carbocycles. The van der Waals surface area contributed by atoms with Crippen molar-refractivity contribution in [2.24, 2.45) is 0 Å². The molecule has 4 heteroatoms. The molecule has 0 heterocycles. The van der Waals surface area contributed by atoms with Crippen LogP contribution in [0.25, 0.3) is 0 Å². The van der Waals surface area contributed by atoms with Gasteiger partial charge in [-0.2, -0.15) is 0 Å². The van der Waals surface area contributed by atoms with E-state index >= 15 is 0 Å². The van der Waals surface area contributed by atoms with Crippen molar-refractivity contribution >= 4 is 106 Å². The standard InChI is InChI=1S/Ba.Ca.H6Si2.4H/c;;1-2;;;;/h;;1-2H3;;;;. The summed E-state index contributed by atoms with van der Waals surface area (Å²) in [6, 6.07) is 0. The van der Waals surface area contributed by atoms with E-state index in [0.717, 1.165) is 0 Å². The van der Waals surface area contributed by atoms with Gasteiger partial charge in [0, 0.05) is 0 Å². The number of hydrogen-bond donors (Lipinski definition) is 0. The first kappa shape index (κ1) is 15.7. The third-order valence-corrected chi connectivity index (χ3v) is 0. The fourth-order valence-corrected chi connectivity index (χ4v) is 0. The van der Waals surface area contributed by atoms with Gasteiger partial charge in [-0.05, 0) is 19.5 Å². The quantitative estimate of drug-likeness (QED) is 0.379. The summed E-state index contributed by atoms with van der Waals surface area (Å²) in [5.74, 6) is 0. The molecule has 0 aliphatic carbocycles. The Labute approximate surface area is 103 Å². The van der Waals surface area contributed by atoms with Crippen LogP contribution in [0.5, 0.6) is 0 Å². The maximum atomic E-state index is 1.44. The van der Waals surface area contributed by atoms with Crippen molar-refractivity contribution in [3.05, 3.63) is 0 Å². The van der Waals surface area contributed by atoms with E-state index in [-0.39, 0.29) is 86.6 Å². The Morgan fingerprint density at radius 3 is 1.00 bits per heavy atom. The van der Waals surface area contributed by atoms with Gasteiger partial charge in [-0.1, -0.05) is 0 Å². The molecule has 22 valence electrons. The summed E-state index contributed by atoms with van der Waals surface area (Å²) >= 11 is 0. The van der Waals surface area contributed by atoms with Crippen LogP contribution in [0.2, 0.25) is 0 Å². The van der Waals surface area contributed by atoms with Crippen molar-refractivity contribution in [1.29, 1.82) is 0 Å². The Balaban J connectivity index is -0.00000000500. The van der Waals surface area contributed by atoms with Crippen LogP contribution < -0.4 is 0 Å². The molecule has 0 nitrogen and oxygen atoms in total. The molecule has 0 radical (unpaired) electrons. The fraction of sp³-hybridized carbons (Fsp3) is 0. The second-order valence-electron chi connectivity index (χ2n) is 0. The van der Waals surface area contributed by atoms with Crippen LogP contribution in [-0.4, -0.2) is 106 Å². The Bertz CT molecular complexity index is 6.00. The molecule has 4 heavy (non-hydrogen) atoms. The molecule has 0 aromatic heterocycles. The van der Waals surface area contributed by atoms with E-state index in [9.17, 15) is 0 Å². The first-order valence-corrected chi connectivity index (χ1v) is 9.00. The van der Waals surface area contributed by atoms with Gasteiger partial charge in [0.05, 0.1) is 0 Å². The first-order chi connectivity index (χ1) is 1.00. The van der Waals surface area contributed by atoms with E-state index in [4.69, 9.17) is 0 Å². The average Bonchev–Trinajstić information content (AvgIpc) is 1.00. The molecule has 0 unspecified atom stereocenters. The molecule has 0 fully saturated rings. The van der Waals surface area contributed by atoms with Crippen molar-refractivity contribution in [1.82, 2.24) is 0 Å². The summed E-state index contributed by atoms with van der Waals surface area (Å²) in [4.78, 5) is 0. The fourth-order valence-electron chi connectivity index (χ4n) is 0. The van der Waals surface area contributed by atoms with Crippen LogP contribution in [0.4, 0.5) is 0 Å². The van der Waals surface area contributed by atoms with E-state index < -0.39 is 0 Å². The summed E-state index contributed by atoms with van der Waals surface area (Å²) in [6.45, 7) is 0. The van der Waals surface area contributed by atoms with Gasteiger partial charge in [0.25, 0.3) is 0 Å². The molecule has 0 N–H and O–H groups in total. The van der Waals surface area contributed by atoms with Crippen LogP contribution in [0.3, 0.4) is 0 Å².